The Morgan fingerprint density at radius 3 is 3.04 bits per heavy atom. The van der Waals surface area contributed by atoms with Crippen LogP contribution in [0, 0.1) is 0 Å². The van der Waals surface area contributed by atoms with Gasteiger partial charge in [-0.1, -0.05) is 18.2 Å². The molecule has 0 saturated heterocycles. The fourth-order valence-electron chi connectivity index (χ4n) is 3.88. The van der Waals surface area contributed by atoms with Crippen LogP contribution in [0.15, 0.2) is 42.6 Å². The maximum absolute atomic E-state index is 5.79. The second kappa shape index (κ2) is 8.25. The highest BCUT2D eigenvalue weighted by atomic mass is 32.1. The van der Waals surface area contributed by atoms with E-state index in [1.807, 2.05) is 23.6 Å². The van der Waals surface area contributed by atoms with Gasteiger partial charge in [-0.2, -0.15) is 0 Å². The summed E-state index contributed by atoms with van der Waals surface area (Å²) in [4.78, 5) is 9.51. The number of nitrogens with one attached hydrogen (secondary N) is 1. The molecule has 0 saturated carbocycles. The summed E-state index contributed by atoms with van der Waals surface area (Å²) in [5.41, 5.74) is 9.53. The molecule has 0 aliphatic heterocycles. The van der Waals surface area contributed by atoms with Crippen molar-refractivity contribution in [3.8, 4) is 0 Å². The molecule has 0 amide bonds. The number of nitrogens with zero attached hydrogens (tertiary/aromatic N) is 2. The molecule has 1 aromatic carbocycles. The number of aromatic nitrogens is 2. The monoisotopic (exact) mass is 366 g/mol. The van der Waals surface area contributed by atoms with Gasteiger partial charge in [0.15, 0.2) is 0 Å². The summed E-state index contributed by atoms with van der Waals surface area (Å²) in [5.74, 6) is 0. The van der Waals surface area contributed by atoms with Crippen LogP contribution in [0.3, 0.4) is 0 Å². The SMILES string of the molecule is NCCCC(Cc1nc2ccccc2s1)NC1CCCc2cccnc21. The van der Waals surface area contributed by atoms with Gasteiger partial charge in [0, 0.05) is 24.7 Å². The first-order valence-electron chi connectivity index (χ1n) is 9.58. The number of hydrogen-bond acceptors (Lipinski definition) is 5. The summed E-state index contributed by atoms with van der Waals surface area (Å²) in [5, 5.41) is 5.09. The Labute approximate surface area is 158 Å². The van der Waals surface area contributed by atoms with Gasteiger partial charge >= 0.3 is 0 Å². The van der Waals surface area contributed by atoms with Crippen molar-refractivity contribution >= 4 is 21.6 Å². The normalized spacial score (nSPS) is 18.0. The predicted octanol–water partition coefficient (Wildman–Crippen LogP) is 4.01. The van der Waals surface area contributed by atoms with Crippen molar-refractivity contribution in [2.24, 2.45) is 5.73 Å². The van der Waals surface area contributed by atoms with Gasteiger partial charge in [-0.15, -0.1) is 11.3 Å². The van der Waals surface area contributed by atoms with Crippen molar-refractivity contribution in [3.05, 3.63) is 58.9 Å². The number of pyridine rings is 1. The van der Waals surface area contributed by atoms with Crippen LogP contribution < -0.4 is 11.1 Å². The lowest BCUT2D eigenvalue weighted by molar-refractivity contribution is 0.366. The molecular formula is C21H26N4S. The van der Waals surface area contributed by atoms with Crippen molar-refractivity contribution in [1.29, 1.82) is 0 Å². The molecule has 2 aromatic heterocycles. The molecule has 26 heavy (non-hydrogen) atoms. The van der Waals surface area contributed by atoms with Crippen molar-refractivity contribution in [3.63, 3.8) is 0 Å². The van der Waals surface area contributed by atoms with Gasteiger partial charge in [0.1, 0.15) is 0 Å². The zero-order chi connectivity index (χ0) is 17.8. The summed E-state index contributed by atoms with van der Waals surface area (Å²) in [7, 11) is 0. The standard InChI is InChI=1S/C21H26N4S/c22-12-4-8-16(14-20-25-17-9-1-2-11-19(17)26-20)24-18-10-3-6-15-7-5-13-23-21(15)18/h1-2,5,7,9,11,13,16,18,24H,3-4,6,8,10,12,14,22H2. The highest BCUT2D eigenvalue weighted by molar-refractivity contribution is 7.18. The fourth-order valence-corrected chi connectivity index (χ4v) is 4.93. The van der Waals surface area contributed by atoms with Gasteiger partial charge in [0.25, 0.3) is 0 Å². The third kappa shape index (κ3) is 3.95. The molecule has 1 aliphatic carbocycles. The molecule has 0 fully saturated rings. The molecule has 2 atom stereocenters. The van der Waals surface area contributed by atoms with Crippen molar-refractivity contribution in [2.75, 3.05) is 6.54 Å². The Hall–Kier alpha value is -1.82. The first-order valence-corrected chi connectivity index (χ1v) is 10.4. The minimum absolute atomic E-state index is 0.345. The number of nitrogens with two attached hydrogens (primary N) is 1. The number of rotatable bonds is 7. The number of thiazole rings is 1. The molecule has 0 radical (unpaired) electrons. The van der Waals surface area contributed by atoms with Gasteiger partial charge in [0.2, 0.25) is 0 Å². The molecule has 5 heteroatoms. The summed E-state index contributed by atoms with van der Waals surface area (Å²) < 4.78 is 1.27. The Morgan fingerprint density at radius 1 is 1.23 bits per heavy atom. The quantitative estimate of drug-likeness (QED) is 0.663. The van der Waals surface area contributed by atoms with E-state index in [2.05, 4.69) is 40.6 Å². The molecule has 0 bridgehead atoms. The maximum Gasteiger partial charge on any atom is 0.0954 e. The fraction of sp³-hybridized carbons (Fsp3) is 0.429. The van der Waals surface area contributed by atoms with Crippen LogP contribution in [-0.2, 0) is 12.8 Å². The zero-order valence-electron chi connectivity index (χ0n) is 15.0. The molecule has 1 aliphatic rings. The lowest BCUT2D eigenvalue weighted by atomic mass is 9.91. The lowest BCUT2D eigenvalue weighted by Gasteiger charge is -2.29. The molecule has 3 aromatic rings. The van der Waals surface area contributed by atoms with E-state index in [4.69, 9.17) is 10.7 Å². The van der Waals surface area contributed by atoms with Crippen LogP contribution in [0.2, 0.25) is 0 Å². The minimum atomic E-state index is 0.345. The highest BCUT2D eigenvalue weighted by Crippen LogP contribution is 2.29. The second-order valence-electron chi connectivity index (χ2n) is 7.07. The smallest absolute Gasteiger partial charge is 0.0954 e. The zero-order valence-corrected chi connectivity index (χ0v) is 15.8. The van der Waals surface area contributed by atoms with E-state index in [-0.39, 0.29) is 0 Å². The number of para-hydroxylation sites is 1. The largest absolute Gasteiger partial charge is 0.330 e. The van der Waals surface area contributed by atoms with Crippen LogP contribution in [0.5, 0.6) is 0 Å². The van der Waals surface area contributed by atoms with E-state index >= 15 is 0 Å². The number of benzene rings is 1. The number of hydrogen-bond donors (Lipinski definition) is 2. The lowest BCUT2D eigenvalue weighted by Crippen LogP contribution is -2.37. The van der Waals surface area contributed by atoms with Crippen LogP contribution >= 0.6 is 11.3 Å². The second-order valence-corrected chi connectivity index (χ2v) is 8.18. The number of aryl methyl sites for hydroxylation is 1. The Balaban J connectivity index is 1.52. The molecule has 4 nitrogen and oxygen atoms in total. The van der Waals surface area contributed by atoms with Crippen molar-refractivity contribution < 1.29 is 0 Å². The molecule has 136 valence electrons. The van der Waals surface area contributed by atoms with E-state index in [1.54, 1.807) is 0 Å². The maximum atomic E-state index is 5.79. The molecule has 2 heterocycles. The van der Waals surface area contributed by atoms with Crippen molar-refractivity contribution in [2.45, 2.75) is 50.6 Å². The van der Waals surface area contributed by atoms with Gasteiger partial charge < -0.3 is 11.1 Å². The molecule has 4 rings (SSSR count). The minimum Gasteiger partial charge on any atom is -0.330 e. The van der Waals surface area contributed by atoms with Gasteiger partial charge in [-0.3, -0.25) is 4.98 Å². The predicted molar refractivity (Wildman–Crippen MR) is 108 cm³/mol. The Morgan fingerprint density at radius 2 is 2.15 bits per heavy atom. The Bertz CT molecular complexity index is 827. The topological polar surface area (TPSA) is 63.8 Å². The summed E-state index contributed by atoms with van der Waals surface area (Å²) >= 11 is 1.81. The summed E-state index contributed by atoms with van der Waals surface area (Å²) in [6.07, 6.45) is 8.51. The van der Waals surface area contributed by atoms with E-state index in [1.165, 1.54) is 27.4 Å². The van der Waals surface area contributed by atoms with E-state index in [0.717, 1.165) is 44.2 Å². The van der Waals surface area contributed by atoms with Crippen LogP contribution in [0.25, 0.3) is 10.2 Å². The molecule has 0 spiro atoms. The molecular weight excluding hydrogens is 340 g/mol. The van der Waals surface area contributed by atoms with Crippen LogP contribution in [0.1, 0.15) is 48.0 Å². The highest BCUT2D eigenvalue weighted by Gasteiger charge is 2.24. The number of fused-ring (bicyclic) bond motifs is 2. The Kier molecular flexibility index (Phi) is 5.58. The first-order chi connectivity index (χ1) is 12.8. The van der Waals surface area contributed by atoms with Crippen LogP contribution in [-0.4, -0.2) is 22.6 Å². The van der Waals surface area contributed by atoms with Gasteiger partial charge in [-0.05, 0) is 62.4 Å². The summed E-state index contributed by atoms with van der Waals surface area (Å²) in [6.45, 7) is 0.734. The van der Waals surface area contributed by atoms with E-state index in [9.17, 15) is 0 Å². The van der Waals surface area contributed by atoms with E-state index in [0.29, 0.717) is 12.1 Å². The average Bonchev–Trinajstić information content (AvgIpc) is 3.08. The first kappa shape index (κ1) is 17.6. The van der Waals surface area contributed by atoms with Crippen LogP contribution in [0.4, 0.5) is 0 Å². The molecule has 3 N–H and O–H groups in total. The summed E-state index contributed by atoms with van der Waals surface area (Å²) in [6, 6.07) is 13.4. The van der Waals surface area contributed by atoms with Crippen molar-refractivity contribution in [1.82, 2.24) is 15.3 Å². The third-order valence-corrected chi connectivity index (χ3v) is 6.21. The van der Waals surface area contributed by atoms with Gasteiger partial charge in [-0.25, -0.2) is 4.98 Å². The third-order valence-electron chi connectivity index (χ3n) is 5.15. The van der Waals surface area contributed by atoms with E-state index < -0.39 is 0 Å². The van der Waals surface area contributed by atoms with Gasteiger partial charge in [0.05, 0.1) is 20.9 Å². The molecule has 2 unspecified atom stereocenters. The average molecular weight is 367 g/mol.